The lowest BCUT2D eigenvalue weighted by molar-refractivity contribution is -0.0975. The highest BCUT2D eigenvalue weighted by molar-refractivity contribution is 5.75. The van der Waals surface area contributed by atoms with Crippen LogP contribution in [0.5, 0.6) is 0 Å². The molecule has 0 radical (unpaired) electrons. The van der Waals surface area contributed by atoms with Crippen molar-refractivity contribution in [2.45, 2.75) is 81.9 Å². The second kappa shape index (κ2) is 8.20. The van der Waals surface area contributed by atoms with Crippen LogP contribution < -0.4 is 16.0 Å². The zero-order valence-corrected chi connectivity index (χ0v) is 16.9. The molecule has 0 aromatic rings. The molecule has 0 unspecified atom stereocenters. The highest BCUT2D eigenvalue weighted by atomic mass is 16.7. The second-order valence-electron chi connectivity index (χ2n) is 8.52. The molecule has 0 aliphatic heterocycles. The van der Waals surface area contributed by atoms with Crippen molar-refractivity contribution in [1.29, 1.82) is 0 Å². The van der Waals surface area contributed by atoms with Crippen LogP contribution in [0.15, 0.2) is 0 Å². The summed E-state index contributed by atoms with van der Waals surface area (Å²) in [6.45, 7) is 5.62. The number of aliphatic hydroxyl groups is 1. The van der Waals surface area contributed by atoms with E-state index in [0.717, 1.165) is 0 Å². The molecule has 3 amide bonds. The number of carbonyl (C=O) groups is 2. The second-order valence-corrected chi connectivity index (χ2v) is 8.52. The zero-order chi connectivity index (χ0) is 20.3. The Balaban J connectivity index is 1.91. The first-order chi connectivity index (χ1) is 12.5. The van der Waals surface area contributed by atoms with Crippen molar-refractivity contribution >= 4 is 12.1 Å². The number of alkyl carbamates (subject to hydrolysis) is 1. The maximum absolute atomic E-state index is 12.2. The lowest BCUT2D eigenvalue weighted by Crippen LogP contribution is -2.70. The van der Waals surface area contributed by atoms with E-state index < -0.39 is 35.2 Å². The number of amides is 3. The van der Waals surface area contributed by atoms with Gasteiger partial charge in [0.25, 0.3) is 0 Å². The number of carbonyl (C=O) groups excluding carboxylic acids is 2. The van der Waals surface area contributed by atoms with E-state index in [9.17, 15) is 14.7 Å². The molecule has 2 bridgehead atoms. The number of aliphatic hydroxyl groups excluding tert-OH is 1. The van der Waals surface area contributed by atoms with Gasteiger partial charge in [0.1, 0.15) is 5.60 Å². The van der Waals surface area contributed by atoms with Crippen LogP contribution in [0.25, 0.3) is 0 Å². The highest BCUT2D eigenvalue weighted by Crippen LogP contribution is 2.47. The van der Waals surface area contributed by atoms with Gasteiger partial charge in [-0.2, -0.15) is 0 Å². The molecule has 0 heterocycles. The van der Waals surface area contributed by atoms with Crippen LogP contribution in [0.3, 0.4) is 0 Å². The predicted octanol–water partition coefficient (Wildman–Crippen LogP) is 1.25. The SMILES string of the molecule is COC(CNC(=O)NC12CCC(NC(=O)OC(C)(C)C)(CC1)[C@H](O)C2)OC. The number of urea groups is 1. The van der Waals surface area contributed by atoms with Gasteiger partial charge in [0.15, 0.2) is 6.29 Å². The third-order valence-electron chi connectivity index (χ3n) is 5.40. The van der Waals surface area contributed by atoms with Gasteiger partial charge in [-0.25, -0.2) is 9.59 Å². The number of nitrogens with one attached hydrogen (secondary N) is 3. The van der Waals surface area contributed by atoms with Crippen LogP contribution in [0, 0.1) is 0 Å². The van der Waals surface area contributed by atoms with Crippen LogP contribution in [-0.4, -0.2) is 67.1 Å². The molecule has 156 valence electrons. The molecule has 3 fully saturated rings. The third kappa shape index (κ3) is 5.46. The molecule has 3 saturated carbocycles. The lowest BCUT2D eigenvalue weighted by Gasteiger charge is -2.56. The van der Waals surface area contributed by atoms with Crippen molar-refractivity contribution in [3.63, 3.8) is 0 Å². The monoisotopic (exact) mass is 387 g/mol. The van der Waals surface area contributed by atoms with Crippen molar-refractivity contribution in [3.05, 3.63) is 0 Å². The molecule has 27 heavy (non-hydrogen) atoms. The fourth-order valence-corrected chi connectivity index (χ4v) is 3.89. The Bertz CT molecular complexity index is 536. The summed E-state index contributed by atoms with van der Waals surface area (Å²) in [6, 6.07) is -0.323. The fraction of sp³-hybridized carbons (Fsp3) is 0.889. The minimum Gasteiger partial charge on any atom is -0.444 e. The number of fused-ring (bicyclic) bond motifs is 3. The smallest absolute Gasteiger partial charge is 0.408 e. The Kier molecular flexibility index (Phi) is 6.59. The molecule has 0 aromatic carbocycles. The van der Waals surface area contributed by atoms with Gasteiger partial charge >= 0.3 is 12.1 Å². The molecule has 4 N–H and O–H groups in total. The van der Waals surface area contributed by atoms with Crippen molar-refractivity contribution in [2.75, 3.05) is 20.8 Å². The molecule has 9 heteroatoms. The zero-order valence-electron chi connectivity index (χ0n) is 16.9. The van der Waals surface area contributed by atoms with E-state index >= 15 is 0 Å². The standard InChI is InChI=1S/C18H33N3O6/c1-16(2,3)27-15(24)21-18-8-6-17(7-9-18,10-12(18)22)20-14(23)19-11-13(25-4)26-5/h12-13,22H,6-11H2,1-5H3,(H,21,24)(H2,19,20,23)/t12-,17?,18?/m1/s1. The van der Waals surface area contributed by atoms with Gasteiger partial charge in [0, 0.05) is 19.8 Å². The molecule has 0 aromatic heterocycles. The summed E-state index contributed by atoms with van der Waals surface area (Å²) in [4.78, 5) is 24.4. The van der Waals surface area contributed by atoms with Crippen molar-refractivity contribution in [2.24, 2.45) is 0 Å². The van der Waals surface area contributed by atoms with E-state index in [4.69, 9.17) is 14.2 Å². The van der Waals surface area contributed by atoms with E-state index in [1.807, 2.05) is 0 Å². The van der Waals surface area contributed by atoms with Gasteiger partial charge in [0.05, 0.1) is 18.2 Å². The van der Waals surface area contributed by atoms with Crippen molar-refractivity contribution < 1.29 is 28.9 Å². The van der Waals surface area contributed by atoms with E-state index in [-0.39, 0.29) is 12.6 Å². The molecule has 3 rings (SSSR count). The fourth-order valence-electron chi connectivity index (χ4n) is 3.89. The van der Waals surface area contributed by atoms with E-state index in [2.05, 4.69) is 16.0 Å². The van der Waals surface area contributed by atoms with Gasteiger partial charge in [-0.05, 0) is 52.9 Å². The first-order valence-electron chi connectivity index (χ1n) is 9.34. The number of rotatable bonds is 6. The number of ether oxygens (including phenoxy) is 3. The van der Waals surface area contributed by atoms with E-state index in [0.29, 0.717) is 32.1 Å². The molecule has 3 aliphatic rings. The van der Waals surface area contributed by atoms with E-state index in [1.54, 1.807) is 20.8 Å². The summed E-state index contributed by atoms with van der Waals surface area (Å²) in [7, 11) is 3.00. The first-order valence-corrected chi connectivity index (χ1v) is 9.34. The Morgan fingerprint density at radius 2 is 1.70 bits per heavy atom. The molecule has 0 spiro atoms. The van der Waals surface area contributed by atoms with Gasteiger partial charge in [0.2, 0.25) is 0 Å². The molecular formula is C18H33N3O6. The highest BCUT2D eigenvalue weighted by Gasteiger charge is 2.55. The molecular weight excluding hydrogens is 354 g/mol. The normalized spacial score (nSPS) is 30.1. The Labute approximate surface area is 160 Å². The molecule has 9 nitrogen and oxygen atoms in total. The first kappa shape index (κ1) is 21.7. The minimum atomic E-state index is -0.751. The van der Waals surface area contributed by atoms with Crippen molar-refractivity contribution in [1.82, 2.24) is 16.0 Å². The number of hydrogen-bond donors (Lipinski definition) is 4. The van der Waals surface area contributed by atoms with Gasteiger partial charge in [-0.3, -0.25) is 0 Å². The van der Waals surface area contributed by atoms with Crippen LogP contribution in [0.1, 0.15) is 52.9 Å². The average molecular weight is 387 g/mol. The van der Waals surface area contributed by atoms with Gasteiger partial charge in [-0.15, -0.1) is 0 Å². The summed E-state index contributed by atoms with van der Waals surface area (Å²) < 4.78 is 15.4. The predicted molar refractivity (Wildman–Crippen MR) is 98.3 cm³/mol. The summed E-state index contributed by atoms with van der Waals surface area (Å²) in [5.74, 6) is 0. The third-order valence-corrected chi connectivity index (χ3v) is 5.40. The quantitative estimate of drug-likeness (QED) is 0.510. The maximum atomic E-state index is 12.2. The number of methoxy groups -OCH3 is 2. The molecule has 3 aliphatic carbocycles. The van der Waals surface area contributed by atoms with E-state index in [1.165, 1.54) is 14.2 Å². The van der Waals surface area contributed by atoms with Crippen molar-refractivity contribution in [3.8, 4) is 0 Å². The largest absolute Gasteiger partial charge is 0.444 e. The summed E-state index contributed by atoms with van der Waals surface area (Å²) >= 11 is 0. The average Bonchev–Trinajstić information content (AvgIpc) is 2.55. The topological polar surface area (TPSA) is 118 Å². The molecule has 1 atom stereocenters. The lowest BCUT2D eigenvalue weighted by atomic mass is 9.60. The van der Waals surface area contributed by atoms with Gasteiger partial charge < -0.3 is 35.3 Å². The Morgan fingerprint density at radius 3 is 2.19 bits per heavy atom. The maximum Gasteiger partial charge on any atom is 0.408 e. The van der Waals surface area contributed by atoms with Crippen LogP contribution >= 0.6 is 0 Å². The summed E-state index contributed by atoms with van der Waals surface area (Å²) in [5.41, 5.74) is -1.77. The Morgan fingerprint density at radius 1 is 1.11 bits per heavy atom. The molecule has 0 saturated heterocycles. The number of hydrogen-bond acceptors (Lipinski definition) is 6. The summed E-state index contributed by atoms with van der Waals surface area (Å²) in [6.07, 6.45) is 1.09. The minimum absolute atomic E-state index is 0.224. The Hall–Kier alpha value is -1.58. The summed E-state index contributed by atoms with van der Waals surface area (Å²) in [5, 5.41) is 19.3. The van der Waals surface area contributed by atoms with Gasteiger partial charge in [-0.1, -0.05) is 0 Å². The van der Waals surface area contributed by atoms with Crippen LogP contribution in [-0.2, 0) is 14.2 Å². The van der Waals surface area contributed by atoms with Crippen LogP contribution in [0.2, 0.25) is 0 Å². The van der Waals surface area contributed by atoms with Crippen LogP contribution in [0.4, 0.5) is 9.59 Å².